The number of rotatable bonds is 6. The number of nitrogens with one attached hydrogen (secondary N) is 1. The summed E-state index contributed by atoms with van der Waals surface area (Å²) in [6, 6.07) is 11.9. The van der Waals surface area contributed by atoms with Gasteiger partial charge in [0, 0.05) is 36.8 Å². The maximum Gasteiger partial charge on any atom is 0.235 e. The molecule has 7 heteroatoms. The smallest absolute Gasteiger partial charge is 0.235 e. The molecular weight excluding hydrogens is 326 g/mol. The van der Waals surface area contributed by atoms with Crippen LogP contribution in [0.3, 0.4) is 0 Å². The van der Waals surface area contributed by atoms with Crippen LogP contribution in [0.25, 0.3) is 22.2 Å². The zero-order valence-corrected chi connectivity index (χ0v) is 14.4. The second kappa shape index (κ2) is 6.62. The van der Waals surface area contributed by atoms with Crippen molar-refractivity contribution in [1.29, 1.82) is 0 Å². The minimum absolute atomic E-state index is 0.0955. The number of nitrogens with zero attached hydrogens (tertiary/aromatic N) is 2. The number of pyridine rings is 1. The first-order valence-corrected chi connectivity index (χ1v) is 9.15. The van der Waals surface area contributed by atoms with Crippen molar-refractivity contribution < 1.29 is 13.2 Å². The third kappa shape index (κ3) is 3.42. The highest BCUT2D eigenvalue weighted by Crippen LogP contribution is 2.28. The van der Waals surface area contributed by atoms with Crippen molar-refractivity contribution in [2.45, 2.75) is 0 Å². The summed E-state index contributed by atoms with van der Waals surface area (Å²) < 4.78 is 33.4. The van der Waals surface area contributed by atoms with Gasteiger partial charge in [-0.3, -0.25) is 9.71 Å². The average Bonchev–Trinajstić information content (AvgIpc) is 2.90. The first kappa shape index (κ1) is 16.5. The van der Waals surface area contributed by atoms with Crippen molar-refractivity contribution in [3.05, 3.63) is 48.8 Å². The molecule has 6 nitrogen and oxygen atoms in total. The summed E-state index contributed by atoms with van der Waals surface area (Å²) in [5, 5.41) is 1.13. The number of hydrogen-bond acceptors (Lipinski definition) is 4. The van der Waals surface area contributed by atoms with Crippen LogP contribution in [0.4, 0.5) is 5.69 Å². The Kier molecular flexibility index (Phi) is 4.55. The van der Waals surface area contributed by atoms with Crippen LogP contribution in [-0.4, -0.2) is 37.4 Å². The molecule has 2 heterocycles. The lowest BCUT2D eigenvalue weighted by atomic mass is 10.2. The van der Waals surface area contributed by atoms with E-state index in [2.05, 4.69) is 20.3 Å². The molecule has 0 aliphatic carbocycles. The number of anilines is 1. The van der Waals surface area contributed by atoms with Crippen molar-refractivity contribution in [1.82, 2.24) is 9.55 Å². The third-order valence-electron chi connectivity index (χ3n) is 3.82. The van der Waals surface area contributed by atoms with E-state index in [1.54, 1.807) is 12.3 Å². The summed E-state index contributed by atoms with van der Waals surface area (Å²) >= 11 is 0. The largest absolute Gasteiger partial charge is 0.384 e. The minimum Gasteiger partial charge on any atom is -0.384 e. The Morgan fingerprint density at radius 2 is 2.00 bits per heavy atom. The van der Waals surface area contributed by atoms with E-state index in [9.17, 15) is 8.42 Å². The van der Waals surface area contributed by atoms with Crippen molar-refractivity contribution >= 4 is 26.6 Å². The summed E-state index contributed by atoms with van der Waals surface area (Å²) in [6.07, 6.45) is 3.22. The van der Waals surface area contributed by atoms with Crippen LogP contribution in [0, 0.1) is 0 Å². The zero-order chi connectivity index (χ0) is 17.2. The molecule has 0 amide bonds. The molecule has 0 saturated heterocycles. The van der Waals surface area contributed by atoms with Crippen molar-refractivity contribution in [2.24, 2.45) is 7.05 Å². The van der Waals surface area contributed by atoms with Crippen LogP contribution in [0.15, 0.2) is 48.8 Å². The third-order valence-corrected chi connectivity index (χ3v) is 5.07. The number of sulfonamides is 1. The number of ether oxygens (including phenoxy) is 1. The van der Waals surface area contributed by atoms with Gasteiger partial charge in [-0.15, -0.1) is 0 Å². The first-order chi connectivity index (χ1) is 11.5. The fraction of sp³-hybridized carbons (Fsp3) is 0.235. The predicted octanol–water partition coefficient (Wildman–Crippen LogP) is 2.63. The Morgan fingerprint density at radius 1 is 1.21 bits per heavy atom. The fourth-order valence-corrected chi connectivity index (χ4v) is 3.58. The molecule has 2 aromatic heterocycles. The normalized spacial score (nSPS) is 11.8. The standard InChI is InChI=1S/C17H19N3O3S/c1-20-16-6-4-3-5-13(16)10-17(20)14-9-15(12-18-11-14)19-24(21,22)8-7-23-2/h3-6,9-12,19H,7-8H2,1-2H3. The van der Waals surface area contributed by atoms with E-state index < -0.39 is 10.0 Å². The van der Waals surface area contributed by atoms with E-state index in [1.807, 2.05) is 31.3 Å². The molecule has 0 spiro atoms. The molecule has 0 aliphatic heterocycles. The molecule has 0 saturated carbocycles. The number of hydrogen-bond donors (Lipinski definition) is 1. The topological polar surface area (TPSA) is 73.2 Å². The number of benzene rings is 1. The monoisotopic (exact) mass is 345 g/mol. The van der Waals surface area contributed by atoms with E-state index in [0.29, 0.717) is 5.69 Å². The van der Waals surface area contributed by atoms with Gasteiger partial charge in [0.1, 0.15) is 0 Å². The summed E-state index contributed by atoms with van der Waals surface area (Å²) in [6.45, 7) is 0.144. The Balaban J connectivity index is 1.94. The molecule has 1 aromatic carbocycles. The second-order valence-corrected chi connectivity index (χ2v) is 7.37. The van der Waals surface area contributed by atoms with Gasteiger partial charge < -0.3 is 9.30 Å². The van der Waals surface area contributed by atoms with Gasteiger partial charge in [-0.2, -0.15) is 0 Å². The van der Waals surface area contributed by atoms with Gasteiger partial charge >= 0.3 is 0 Å². The lowest BCUT2D eigenvalue weighted by molar-refractivity contribution is 0.217. The van der Waals surface area contributed by atoms with Crippen LogP contribution in [0.5, 0.6) is 0 Å². The van der Waals surface area contributed by atoms with Gasteiger partial charge in [-0.05, 0) is 18.2 Å². The highest BCUT2D eigenvalue weighted by atomic mass is 32.2. The lowest BCUT2D eigenvalue weighted by Crippen LogP contribution is -2.19. The average molecular weight is 345 g/mol. The number of fused-ring (bicyclic) bond motifs is 1. The van der Waals surface area contributed by atoms with Crippen molar-refractivity contribution in [3.8, 4) is 11.3 Å². The van der Waals surface area contributed by atoms with Gasteiger partial charge in [0.15, 0.2) is 0 Å². The zero-order valence-electron chi connectivity index (χ0n) is 13.6. The second-order valence-electron chi connectivity index (χ2n) is 5.52. The summed E-state index contributed by atoms with van der Waals surface area (Å²) in [5.74, 6) is -0.0955. The van der Waals surface area contributed by atoms with Crippen LogP contribution in [0.1, 0.15) is 0 Å². The molecule has 1 N–H and O–H groups in total. The van der Waals surface area contributed by atoms with Gasteiger partial charge in [-0.25, -0.2) is 8.42 Å². The Hall–Kier alpha value is -2.38. The molecule has 0 aliphatic rings. The molecule has 0 bridgehead atoms. The van der Waals surface area contributed by atoms with E-state index in [-0.39, 0.29) is 12.4 Å². The van der Waals surface area contributed by atoms with E-state index in [1.165, 1.54) is 13.3 Å². The first-order valence-electron chi connectivity index (χ1n) is 7.49. The Morgan fingerprint density at radius 3 is 2.75 bits per heavy atom. The summed E-state index contributed by atoms with van der Waals surface area (Å²) in [5.41, 5.74) is 3.37. The van der Waals surface area contributed by atoms with Crippen LogP contribution < -0.4 is 4.72 Å². The van der Waals surface area contributed by atoms with Gasteiger partial charge in [-0.1, -0.05) is 18.2 Å². The van der Waals surface area contributed by atoms with Crippen LogP contribution in [0.2, 0.25) is 0 Å². The van der Waals surface area contributed by atoms with Crippen LogP contribution >= 0.6 is 0 Å². The SMILES string of the molecule is COCCS(=O)(=O)Nc1cncc(-c2cc3ccccc3n2C)c1. The molecule has 3 rings (SSSR count). The maximum absolute atomic E-state index is 12.0. The molecule has 3 aromatic rings. The summed E-state index contributed by atoms with van der Waals surface area (Å²) in [7, 11) is -0.00301. The lowest BCUT2D eigenvalue weighted by Gasteiger charge is -2.09. The van der Waals surface area contributed by atoms with Crippen molar-refractivity contribution in [3.63, 3.8) is 0 Å². The van der Waals surface area contributed by atoms with Crippen molar-refractivity contribution in [2.75, 3.05) is 24.2 Å². The maximum atomic E-state index is 12.0. The Bertz CT molecular complexity index is 964. The van der Waals surface area contributed by atoms with Gasteiger partial charge in [0.2, 0.25) is 10.0 Å². The van der Waals surface area contributed by atoms with E-state index >= 15 is 0 Å². The molecule has 0 atom stereocenters. The number of aryl methyl sites for hydroxylation is 1. The number of para-hydroxylation sites is 1. The predicted molar refractivity (Wildman–Crippen MR) is 95.4 cm³/mol. The molecule has 0 unspecified atom stereocenters. The molecular formula is C17H19N3O3S. The number of aromatic nitrogens is 2. The van der Waals surface area contributed by atoms with E-state index in [0.717, 1.165) is 22.2 Å². The molecule has 0 fully saturated rings. The molecule has 126 valence electrons. The molecule has 0 radical (unpaired) electrons. The number of methoxy groups -OCH3 is 1. The van der Waals surface area contributed by atoms with Gasteiger partial charge in [0.25, 0.3) is 0 Å². The van der Waals surface area contributed by atoms with Crippen LogP contribution in [-0.2, 0) is 21.8 Å². The highest BCUT2D eigenvalue weighted by Gasteiger charge is 2.12. The highest BCUT2D eigenvalue weighted by molar-refractivity contribution is 7.92. The fourth-order valence-electron chi connectivity index (χ4n) is 2.63. The Labute approximate surface area is 141 Å². The van der Waals surface area contributed by atoms with Gasteiger partial charge in [0.05, 0.1) is 29.9 Å². The van der Waals surface area contributed by atoms with E-state index in [4.69, 9.17) is 4.74 Å². The molecule has 24 heavy (non-hydrogen) atoms. The summed E-state index contributed by atoms with van der Waals surface area (Å²) in [4.78, 5) is 4.17. The quantitative estimate of drug-likeness (QED) is 0.745. The minimum atomic E-state index is -3.45.